The fourth-order valence-corrected chi connectivity index (χ4v) is 4.03. The van der Waals surface area contributed by atoms with Crippen molar-refractivity contribution in [1.82, 2.24) is 19.9 Å². The molecule has 0 atom stereocenters. The molecule has 0 aliphatic carbocycles. The van der Waals surface area contributed by atoms with Gasteiger partial charge in [0, 0.05) is 42.8 Å². The van der Waals surface area contributed by atoms with E-state index in [-0.39, 0.29) is 5.91 Å². The number of likely N-dealkylation sites (N-methyl/N-ethyl adjacent to an activating group) is 1. The highest BCUT2D eigenvalue weighted by Gasteiger charge is 2.15. The van der Waals surface area contributed by atoms with Crippen molar-refractivity contribution in [3.63, 3.8) is 0 Å². The van der Waals surface area contributed by atoms with E-state index in [1.807, 2.05) is 60.8 Å². The highest BCUT2D eigenvalue weighted by atomic mass is 16.1. The van der Waals surface area contributed by atoms with Crippen LogP contribution in [-0.2, 0) is 4.79 Å². The maximum absolute atomic E-state index is 11.6. The summed E-state index contributed by atoms with van der Waals surface area (Å²) in [5, 5.41) is 7.09. The van der Waals surface area contributed by atoms with Gasteiger partial charge in [-0.05, 0) is 55.6 Å². The lowest BCUT2D eigenvalue weighted by Gasteiger charge is -2.33. The number of amides is 1. The van der Waals surface area contributed by atoms with Crippen LogP contribution < -0.4 is 15.5 Å². The van der Waals surface area contributed by atoms with E-state index in [0.29, 0.717) is 5.69 Å². The second-order valence-electron chi connectivity index (χ2n) is 8.55. The number of benzene rings is 1. The van der Waals surface area contributed by atoms with E-state index in [1.165, 1.54) is 6.08 Å². The van der Waals surface area contributed by atoms with Crippen LogP contribution in [0.4, 0.5) is 23.0 Å². The lowest BCUT2D eigenvalue weighted by atomic mass is 10.1. The quantitative estimate of drug-likeness (QED) is 0.410. The molecular weight excluding hydrogens is 438 g/mol. The number of fused-ring (bicyclic) bond motifs is 1. The predicted octanol–water partition coefficient (Wildman–Crippen LogP) is 4.31. The molecule has 8 nitrogen and oxygen atoms in total. The number of anilines is 4. The van der Waals surface area contributed by atoms with Gasteiger partial charge < -0.3 is 20.4 Å². The zero-order valence-corrected chi connectivity index (χ0v) is 19.6. The molecule has 4 aromatic rings. The highest BCUT2D eigenvalue weighted by Crippen LogP contribution is 2.26. The van der Waals surface area contributed by atoms with E-state index >= 15 is 0 Å². The Kier molecular flexibility index (Phi) is 6.36. The third kappa shape index (κ3) is 5.28. The van der Waals surface area contributed by atoms with Crippen molar-refractivity contribution in [1.29, 1.82) is 0 Å². The van der Waals surface area contributed by atoms with Gasteiger partial charge in [-0.15, -0.1) is 0 Å². The molecule has 0 unspecified atom stereocenters. The van der Waals surface area contributed by atoms with Gasteiger partial charge in [-0.1, -0.05) is 18.7 Å². The van der Waals surface area contributed by atoms with Gasteiger partial charge in [0.2, 0.25) is 5.91 Å². The van der Waals surface area contributed by atoms with Crippen molar-refractivity contribution in [3.8, 4) is 11.3 Å². The van der Waals surface area contributed by atoms with Gasteiger partial charge in [0.05, 0.1) is 29.3 Å². The maximum atomic E-state index is 11.6. The Bertz CT molecular complexity index is 1360. The van der Waals surface area contributed by atoms with Crippen LogP contribution >= 0.6 is 0 Å². The average molecular weight is 466 g/mol. The molecule has 0 spiro atoms. The van der Waals surface area contributed by atoms with Gasteiger partial charge in [0.15, 0.2) is 0 Å². The molecule has 3 aromatic heterocycles. The fourth-order valence-electron chi connectivity index (χ4n) is 4.03. The summed E-state index contributed by atoms with van der Waals surface area (Å²) in [6.07, 6.45) is 4.86. The molecule has 1 amide bonds. The molecule has 0 saturated carbocycles. The third-order valence-electron chi connectivity index (χ3n) is 6.03. The van der Waals surface area contributed by atoms with Gasteiger partial charge in [0.1, 0.15) is 11.6 Å². The van der Waals surface area contributed by atoms with Crippen molar-refractivity contribution < 1.29 is 4.79 Å². The molecule has 1 fully saturated rings. The van der Waals surface area contributed by atoms with Gasteiger partial charge >= 0.3 is 0 Å². The molecule has 1 aliphatic rings. The normalized spacial score (nSPS) is 14.0. The molecular formula is C27H27N7O. The molecule has 176 valence electrons. The summed E-state index contributed by atoms with van der Waals surface area (Å²) in [4.78, 5) is 30.2. The van der Waals surface area contributed by atoms with Gasteiger partial charge in [-0.25, -0.2) is 9.97 Å². The third-order valence-corrected chi connectivity index (χ3v) is 6.03. The first-order chi connectivity index (χ1) is 17.1. The first-order valence-electron chi connectivity index (χ1n) is 11.5. The number of hydrogen-bond donors (Lipinski definition) is 2. The van der Waals surface area contributed by atoms with Crippen LogP contribution in [-0.4, -0.2) is 59.0 Å². The number of nitrogens with one attached hydrogen (secondary N) is 2. The number of nitrogens with zero attached hydrogens (tertiary/aromatic N) is 5. The van der Waals surface area contributed by atoms with Crippen LogP contribution in [0, 0.1) is 0 Å². The molecule has 2 N–H and O–H groups in total. The van der Waals surface area contributed by atoms with E-state index in [9.17, 15) is 4.79 Å². The molecule has 1 aromatic carbocycles. The molecule has 0 radical (unpaired) electrons. The zero-order valence-electron chi connectivity index (χ0n) is 19.6. The van der Waals surface area contributed by atoms with Crippen LogP contribution in [0.3, 0.4) is 0 Å². The van der Waals surface area contributed by atoms with Crippen LogP contribution in [0.2, 0.25) is 0 Å². The summed E-state index contributed by atoms with van der Waals surface area (Å²) in [6, 6.07) is 17.6. The Morgan fingerprint density at radius 3 is 2.60 bits per heavy atom. The molecule has 1 aliphatic heterocycles. The molecule has 8 heteroatoms. The SMILES string of the molecule is C=CC(=O)Nc1cccc(-c2cc3ccc(Nc4ccc(N5CCN(C)CC5)nc4)nc3cn2)c1. The van der Waals surface area contributed by atoms with Crippen molar-refractivity contribution in [2.24, 2.45) is 0 Å². The lowest BCUT2D eigenvalue weighted by molar-refractivity contribution is -0.111. The molecule has 1 saturated heterocycles. The monoisotopic (exact) mass is 465 g/mol. The number of pyridine rings is 3. The Labute approximate surface area is 204 Å². The Balaban J connectivity index is 1.30. The van der Waals surface area contributed by atoms with Crippen LogP contribution in [0.1, 0.15) is 0 Å². The van der Waals surface area contributed by atoms with Gasteiger partial charge in [0.25, 0.3) is 0 Å². The van der Waals surface area contributed by atoms with Crippen molar-refractivity contribution in [2.75, 3.05) is 48.8 Å². The largest absolute Gasteiger partial charge is 0.354 e. The predicted molar refractivity (Wildman–Crippen MR) is 141 cm³/mol. The summed E-state index contributed by atoms with van der Waals surface area (Å²) in [5.74, 6) is 1.48. The maximum Gasteiger partial charge on any atom is 0.247 e. The highest BCUT2D eigenvalue weighted by molar-refractivity contribution is 5.99. The smallest absolute Gasteiger partial charge is 0.247 e. The second kappa shape index (κ2) is 9.90. The summed E-state index contributed by atoms with van der Waals surface area (Å²) in [6.45, 7) is 7.57. The number of carbonyl (C=O) groups excluding carboxylic acids is 1. The van der Waals surface area contributed by atoms with E-state index in [0.717, 1.165) is 65.7 Å². The molecule has 4 heterocycles. The number of rotatable bonds is 6. The standard InChI is InChI=1S/C27H27N7O/c1-3-27(35)31-21-6-4-5-19(15-21)23-16-20-7-9-25(32-24(20)18-28-23)30-22-8-10-26(29-17-22)34-13-11-33(2)12-14-34/h3-10,15-18H,1,11-14H2,2H3,(H,30,32)(H,31,35). The lowest BCUT2D eigenvalue weighted by Crippen LogP contribution is -2.44. The Hall–Kier alpha value is -4.30. The summed E-state index contributed by atoms with van der Waals surface area (Å²) >= 11 is 0. The zero-order chi connectivity index (χ0) is 24.2. The van der Waals surface area contributed by atoms with Gasteiger partial charge in [-0.2, -0.15) is 0 Å². The van der Waals surface area contributed by atoms with Gasteiger partial charge in [-0.3, -0.25) is 9.78 Å². The van der Waals surface area contributed by atoms with Crippen molar-refractivity contribution in [3.05, 3.63) is 79.6 Å². The van der Waals surface area contributed by atoms with E-state index in [2.05, 4.69) is 44.0 Å². The minimum Gasteiger partial charge on any atom is -0.354 e. The van der Waals surface area contributed by atoms with E-state index in [1.54, 1.807) is 6.20 Å². The van der Waals surface area contributed by atoms with Crippen molar-refractivity contribution in [2.45, 2.75) is 0 Å². The Morgan fingerprint density at radius 1 is 0.971 bits per heavy atom. The average Bonchev–Trinajstić information content (AvgIpc) is 2.89. The van der Waals surface area contributed by atoms with E-state index in [4.69, 9.17) is 4.98 Å². The molecule has 0 bridgehead atoms. The van der Waals surface area contributed by atoms with E-state index < -0.39 is 0 Å². The summed E-state index contributed by atoms with van der Waals surface area (Å²) < 4.78 is 0. The molecule has 35 heavy (non-hydrogen) atoms. The van der Waals surface area contributed by atoms with Crippen LogP contribution in [0.25, 0.3) is 22.2 Å². The number of hydrogen-bond acceptors (Lipinski definition) is 7. The second-order valence-corrected chi connectivity index (χ2v) is 8.55. The first kappa shape index (κ1) is 22.5. The number of carbonyl (C=O) groups is 1. The minimum absolute atomic E-state index is 0.248. The Morgan fingerprint density at radius 2 is 1.83 bits per heavy atom. The van der Waals surface area contributed by atoms with Crippen molar-refractivity contribution >= 4 is 39.8 Å². The van der Waals surface area contributed by atoms with Crippen LogP contribution in [0.15, 0.2) is 79.6 Å². The summed E-state index contributed by atoms with van der Waals surface area (Å²) in [5.41, 5.74) is 4.08. The first-order valence-corrected chi connectivity index (χ1v) is 11.5. The number of piperazine rings is 1. The fraction of sp³-hybridized carbons (Fsp3) is 0.185. The van der Waals surface area contributed by atoms with Crippen LogP contribution in [0.5, 0.6) is 0 Å². The topological polar surface area (TPSA) is 86.3 Å². The molecule has 5 rings (SSSR count). The minimum atomic E-state index is -0.248. The number of aromatic nitrogens is 3. The summed E-state index contributed by atoms with van der Waals surface area (Å²) in [7, 11) is 2.15.